The number of nitrogens with zero attached hydrogens (tertiary/aromatic N) is 3. The Morgan fingerprint density at radius 2 is 1.79 bits per heavy atom. The number of anilines is 2. The summed E-state index contributed by atoms with van der Waals surface area (Å²) in [6.45, 7) is 0.636. The van der Waals surface area contributed by atoms with Crippen LogP contribution in [0, 0.1) is 0 Å². The van der Waals surface area contributed by atoms with Crippen LogP contribution in [0.1, 0.15) is 16.7 Å². The minimum atomic E-state index is 0.492. The SMILES string of the molecule is Nc1nc(NCc2ccc3[nH]ccc3c2)ncc1Cc1ccc2[nH]ncc2c1. The van der Waals surface area contributed by atoms with Gasteiger partial charge in [0, 0.05) is 41.8 Å². The molecule has 0 radical (unpaired) electrons. The molecule has 0 saturated heterocycles. The van der Waals surface area contributed by atoms with Crippen LogP contribution in [0.3, 0.4) is 0 Å². The summed E-state index contributed by atoms with van der Waals surface area (Å²) < 4.78 is 0. The maximum absolute atomic E-state index is 6.18. The van der Waals surface area contributed by atoms with Crippen LogP contribution in [-0.2, 0) is 13.0 Å². The second-order valence-electron chi connectivity index (χ2n) is 6.83. The summed E-state index contributed by atoms with van der Waals surface area (Å²) in [7, 11) is 0. The van der Waals surface area contributed by atoms with E-state index in [4.69, 9.17) is 5.73 Å². The minimum absolute atomic E-state index is 0.492. The van der Waals surface area contributed by atoms with Crippen molar-refractivity contribution in [3.05, 3.63) is 77.7 Å². The van der Waals surface area contributed by atoms with Gasteiger partial charge in [0.05, 0.1) is 11.7 Å². The van der Waals surface area contributed by atoms with Crippen molar-refractivity contribution in [1.82, 2.24) is 25.1 Å². The average molecular weight is 369 g/mol. The summed E-state index contributed by atoms with van der Waals surface area (Å²) in [6, 6.07) is 14.5. The van der Waals surface area contributed by atoms with Crippen LogP contribution in [0.5, 0.6) is 0 Å². The van der Waals surface area contributed by atoms with Gasteiger partial charge in [0.15, 0.2) is 0 Å². The van der Waals surface area contributed by atoms with Gasteiger partial charge in [-0.25, -0.2) is 4.98 Å². The minimum Gasteiger partial charge on any atom is -0.383 e. The van der Waals surface area contributed by atoms with Crippen LogP contribution in [-0.4, -0.2) is 25.1 Å². The molecule has 0 bridgehead atoms. The molecule has 0 aliphatic rings. The molecular weight excluding hydrogens is 350 g/mol. The predicted molar refractivity (Wildman–Crippen MR) is 111 cm³/mol. The number of benzene rings is 2. The molecule has 0 saturated carbocycles. The average Bonchev–Trinajstić information content (AvgIpc) is 3.36. The molecule has 2 aromatic carbocycles. The topological polar surface area (TPSA) is 108 Å². The molecule has 3 heterocycles. The Labute approximate surface area is 161 Å². The quantitative estimate of drug-likeness (QED) is 0.378. The molecule has 3 aromatic heterocycles. The molecule has 28 heavy (non-hydrogen) atoms. The third kappa shape index (κ3) is 3.14. The summed E-state index contributed by atoms with van der Waals surface area (Å²) in [5.41, 5.74) is 11.5. The Kier molecular flexibility index (Phi) is 3.90. The van der Waals surface area contributed by atoms with Gasteiger partial charge in [-0.15, -0.1) is 0 Å². The number of hydrogen-bond donors (Lipinski definition) is 4. The third-order valence-electron chi connectivity index (χ3n) is 4.87. The fraction of sp³-hybridized carbons (Fsp3) is 0.0952. The van der Waals surface area contributed by atoms with Gasteiger partial charge in [-0.3, -0.25) is 5.10 Å². The monoisotopic (exact) mass is 369 g/mol. The zero-order chi connectivity index (χ0) is 18.9. The number of nitrogens with one attached hydrogen (secondary N) is 3. The lowest BCUT2D eigenvalue weighted by atomic mass is 10.1. The summed E-state index contributed by atoms with van der Waals surface area (Å²) in [5, 5.41) is 12.5. The maximum Gasteiger partial charge on any atom is 0.224 e. The molecule has 138 valence electrons. The Hall–Kier alpha value is -3.87. The highest BCUT2D eigenvalue weighted by Crippen LogP contribution is 2.20. The van der Waals surface area contributed by atoms with Gasteiger partial charge in [-0.1, -0.05) is 12.1 Å². The molecular formula is C21H19N7. The van der Waals surface area contributed by atoms with Crippen LogP contribution >= 0.6 is 0 Å². The van der Waals surface area contributed by atoms with Crippen molar-refractivity contribution in [3.8, 4) is 0 Å². The summed E-state index contributed by atoms with van der Waals surface area (Å²) in [6.07, 6.45) is 6.22. The van der Waals surface area contributed by atoms with Gasteiger partial charge < -0.3 is 16.0 Å². The van der Waals surface area contributed by atoms with Gasteiger partial charge in [0.1, 0.15) is 5.82 Å². The number of nitrogen functional groups attached to an aromatic ring is 1. The standard InChI is InChI=1S/C21H19N7/c22-20-17(8-13-1-4-19-16(7-13)12-26-28-19)11-25-21(27-20)24-10-14-2-3-18-15(9-14)5-6-23-18/h1-7,9,11-12,23H,8,10H2,(H,26,28)(H3,22,24,25,27). The fourth-order valence-corrected chi connectivity index (χ4v) is 3.36. The van der Waals surface area contributed by atoms with Gasteiger partial charge in [0.25, 0.3) is 0 Å². The van der Waals surface area contributed by atoms with Crippen molar-refractivity contribution in [2.24, 2.45) is 0 Å². The molecule has 7 nitrogen and oxygen atoms in total. The van der Waals surface area contributed by atoms with E-state index in [-0.39, 0.29) is 0 Å². The molecule has 0 aliphatic carbocycles. The van der Waals surface area contributed by atoms with E-state index >= 15 is 0 Å². The van der Waals surface area contributed by atoms with E-state index in [1.54, 1.807) is 6.20 Å². The van der Waals surface area contributed by atoms with Crippen LogP contribution < -0.4 is 11.1 Å². The first kappa shape index (κ1) is 16.3. The largest absolute Gasteiger partial charge is 0.383 e. The van der Waals surface area contributed by atoms with Gasteiger partial charge in [-0.05, 0) is 46.8 Å². The van der Waals surface area contributed by atoms with E-state index in [1.807, 2.05) is 18.5 Å². The van der Waals surface area contributed by atoms with Gasteiger partial charge in [-0.2, -0.15) is 10.1 Å². The Balaban J connectivity index is 1.29. The van der Waals surface area contributed by atoms with Gasteiger partial charge >= 0.3 is 0 Å². The van der Waals surface area contributed by atoms with E-state index in [1.165, 1.54) is 5.39 Å². The normalized spacial score (nSPS) is 11.3. The number of rotatable bonds is 5. The highest BCUT2D eigenvalue weighted by molar-refractivity contribution is 5.80. The lowest BCUT2D eigenvalue weighted by Crippen LogP contribution is -2.07. The molecule has 0 spiro atoms. The lowest BCUT2D eigenvalue weighted by Gasteiger charge is -2.09. The predicted octanol–water partition coefficient (Wildman–Crippen LogP) is 3.62. The zero-order valence-corrected chi connectivity index (χ0v) is 15.1. The van der Waals surface area contributed by atoms with Crippen LogP contribution in [0.15, 0.2) is 61.1 Å². The molecule has 5 rings (SSSR count). The molecule has 0 fully saturated rings. The van der Waals surface area contributed by atoms with Crippen LogP contribution in [0.25, 0.3) is 21.8 Å². The summed E-state index contributed by atoms with van der Waals surface area (Å²) >= 11 is 0. The van der Waals surface area contributed by atoms with Crippen molar-refractivity contribution < 1.29 is 0 Å². The number of hydrogen-bond acceptors (Lipinski definition) is 5. The third-order valence-corrected chi connectivity index (χ3v) is 4.87. The van der Waals surface area contributed by atoms with Crippen LogP contribution in [0.2, 0.25) is 0 Å². The van der Waals surface area contributed by atoms with Crippen molar-refractivity contribution in [3.63, 3.8) is 0 Å². The highest BCUT2D eigenvalue weighted by atomic mass is 15.1. The Bertz CT molecular complexity index is 1270. The number of fused-ring (bicyclic) bond motifs is 2. The molecule has 0 amide bonds. The first-order valence-corrected chi connectivity index (χ1v) is 9.08. The van der Waals surface area contributed by atoms with Crippen molar-refractivity contribution in [2.75, 3.05) is 11.1 Å². The van der Waals surface area contributed by atoms with E-state index in [9.17, 15) is 0 Å². The molecule has 0 aliphatic heterocycles. The van der Waals surface area contributed by atoms with E-state index < -0.39 is 0 Å². The van der Waals surface area contributed by atoms with E-state index in [0.29, 0.717) is 24.7 Å². The second-order valence-corrected chi connectivity index (χ2v) is 6.83. The highest BCUT2D eigenvalue weighted by Gasteiger charge is 2.07. The molecule has 0 atom stereocenters. The summed E-state index contributed by atoms with van der Waals surface area (Å²) in [4.78, 5) is 12.0. The lowest BCUT2D eigenvalue weighted by molar-refractivity contribution is 1.03. The first-order chi connectivity index (χ1) is 13.7. The van der Waals surface area contributed by atoms with Gasteiger partial charge in [0.2, 0.25) is 5.95 Å². The molecule has 7 heteroatoms. The maximum atomic E-state index is 6.18. The first-order valence-electron chi connectivity index (χ1n) is 9.08. The molecule has 5 aromatic rings. The van der Waals surface area contributed by atoms with E-state index in [0.717, 1.165) is 33.1 Å². The Morgan fingerprint density at radius 3 is 2.71 bits per heavy atom. The number of H-pyrrole nitrogens is 2. The Morgan fingerprint density at radius 1 is 0.929 bits per heavy atom. The zero-order valence-electron chi connectivity index (χ0n) is 15.1. The van der Waals surface area contributed by atoms with E-state index in [2.05, 4.69) is 66.9 Å². The van der Waals surface area contributed by atoms with Crippen molar-refractivity contribution in [1.29, 1.82) is 0 Å². The fourth-order valence-electron chi connectivity index (χ4n) is 3.36. The van der Waals surface area contributed by atoms with Crippen LogP contribution in [0.4, 0.5) is 11.8 Å². The number of aromatic amines is 2. The van der Waals surface area contributed by atoms with Crippen molar-refractivity contribution >= 4 is 33.6 Å². The number of aromatic nitrogens is 5. The molecule has 5 N–H and O–H groups in total. The molecule has 0 unspecified atom stereocenters. The second kappa shape index (κ2) is 6.70. The summed E-state index contributed by atoms with van der Waals surface area (Å²) in [5.74, 6) is 1.02. The smallest absolute Gasteiger partial charge is 0.224 e. The van der Waals surface area contributed by atoms with Crippen molar-refractivity contribution in [2.45, 2.75) is 13.0 Å². The number of nitrogens with two attached hydrogens (primary N) is 1.